The summed E-state index contributed by atoms with van der Waals surface area (Å²) in [5.74, 6) is 0.533. The smallest absolute Gasteiger partial charge is 0.337 e. The van der Waals surface area contributed by atoms with Crippen LogP contribution in [0.15, 0.2) is 84.8 Å². The Labute approximate surface area is 214 Å². The summed E-state index contributed by atoms with van der Waals surface area (Å²) >= 11 is 0. The highest BCUT2D eigenvalue weighted by Gasteiger charge is 2.29. The lowest BCUT2D eigenvalue weighted by atomic mass is 10.0. The zero-order chi connectivity index (χ0) is 25.8. The molecule has 0 saturated heterocycles. The summed E-state index contributed by atoms with van der Waals surface area (Å²) in [6.45, 7) is 2.80. The zero-order valence-electron chi connectivity index (χ0n) is 20.6. The summed E-state index contributed by atoms with van der Waals surface area (Å²) in [6, 6.07) is 22.2. The molecule has 37 heavy (non-hydrogen) atoms. The SMILES string of the molecule is CCCCOc1ccc(-c2nn(-c3ccccc3)cc2/C=C2\Oc3ccc(C(=O)OC)cc3C2=O)cc1. The Kier molecular flexibility index (Phi) is 6.85. The van der Waals surface area contributed by atoms with Gasteiger partial charge in [-0.05, 0) is 67.1 Å². The van der Waals surface area contributed by atoms with E-state index in [9.17, 15) is 9.59 Å². The van der Waals surface area contributed by atoms with Crippen LogP contribution in [0.25, 0.3) is 23.0 Å². The van der Waals surface area contributed by atoms with Gasteiger partial charge in [0.1, 0.15) is 17.2 Å². The number of carbonyl (C=O) groups is 2. The van der Waals surface area contributed by atoms with Crippen molar-refractivity contribution in [3.63, 3.8) is 0 Å². The van der Waals surface area contributed by atoms with E-state index in [1.165, 1.54) is 13.2 Å². The minimum absolute atomic E-state index is 0.158. The lowest BCUT2D eigenvalue weighted by Crippen LogP contribution is -2.03. The van der Waals surface area contributed by atoms with Crippen molar-refractivity contribution in [2.75, 3.05) is 13.7 Å². The zero-order valence-corrected chi connectivity index (χ0v) is 20.6. The van der Waals surface area contributed by atoms with Crippen LogP contribution in [0.4, 0.5) is 0 Å². The third-order valence-corrected chi connectivity index (χ3v) is 6.03. The number of unbranched alkanes of at least 4 members (excludes halogenated alkanes) is 1. The highest BCUT2D eigenvalue weighted by atomic mass is 16.5. The van der Waals surface area contributed by atoms with E-state index in [2.05, 4.69) is 6.92 Å². The van der Waals surface area contributed by atoms with E-state index < -0.39 is 5.97 Å². The van der Waals surface area contributed by atoms with E-state index in [4.69, 9.17) is 19.3 Å². The van der Waals surface area contributed by atoms with Gasteiger partial charge >= 0.3 is 5.97 Å². The number of carbonyl (C=O) groups excluding carboxylic acids is 2. The van der Waals surface area contributed by atoms with E-state index >= 15 is 0 Å². The largest absolute Gasteiger partial charge is 0.494 e. The molecule has 0 N–H and O–H groups in total. The Morgan fingerprint density at radius 1 is 1.05 bits per heavy atom. The van der Waals surface area contributed by atoms with Gasteiger partial charge in [0, 0.05) is 17.3 Å². The number of aromatic nitrogens is 2. The lowest BCUT2D eigenvalue weighted by molar-refractivity contribution is 0.0600. The first-order valence-corrected chi connectivity index (χ1v) is 12.1. The Balaban J connectivity index is 1.51. The van der Waals surface area contributed by atoms with Crippen LogP contribution in [0.1, 0.15) is 46.0 Å². The molecule has 0 fully saturated rings. The fraction of sp³-hybridized carbons (Fsp3) is 0.167. The molecule has 0 bridgehead atoms. The summed E-state index contributed by atoms with van der Waals surface area (Å²) < 4.78 is 18.2. The van der Waals surface area contributed by atoms with Gasteiger partial charge in [-0.25, -0.2) is 9.48 Å². The van der Waals surface area contributed by atoms with Crippen molar-refractivity contribution in [1.82, 2.24) is 9.78 Å². The number of esters is 1. The number of methoxy groups -OCH3 is 1. The standard InChI is InChI=1S/C30H26N2O5/c1-3-4-16-36-24-13-10-20(11-14-24)28-22(19-32(31-28)23-8-6-5-7-9-23)18-27-29(33)25-17-21(30(34)35-2)12-15-26(25)37-27/h5-15,17-19H,3-4,16H2,1-2H3/b27-18-. The van der Waals surface area contributed by atoms with E-state index in [-0.39, 0.29) is 11.5 Å². The van der Waals surface area contributed by atoms with Crippen molar-refractivity contribution in [1.29, 1.82) is 0 Å². The lowest BCUT2D eigenvalue weighted by Gasteiger charge is -2.06. The summed E-state index contributed by atoms with van der Waals surface area (Å²) in [5.41, 5.74) is 3.78. The van der Waals surface area contributed by atoms with Gasteiger partial charge in [0.25, 0.3) is 0 Å². The Bertz CT molecular complexity index is 1470. The molecule has 0 radical (unpaired) electrons. The van der Waals surface area contributed by atoms with Gasteiger partial charge in [-0.1, -0.05) is 31.5 Å². The fourth-order valence-electron chi connectivity index (χ4n) is 4.05. The Hall–Kier alpha value is -4.65. The van der Waals surface area contributed by atoms with Gasteiger partial charge in [0.05, 0.1) is 30.5 Å². The van der Waals surface area contributed by atoms with E-state index in [0.29, 0.717) is 34.7 Å². The predicted octanol–water partition coefficient (Wildman–Crippen LogP) is 6.12. The van der Waals surface area contributed by atoms with Gasteiger partial charge in [-0.2, -0.15) is 5.10 Å². The molecule has 1 aliphatic rings. The molecule has 186 valence electrons. The van der Waals surface area contributed by atoms with Crippen LogP contribution < -0.4 is 9.47 Å². The first kappa shape index (κ1) is 24.1. The molecule has 1 aromatic heterocycles. The second-order valence-corrected chi connectivity index (χ2v) is 8.58. The fourth-order valence-corrected chi connectivity index (χ4v) is 4.05. The van der Waals surface area contributed by atoms with Crippen LogP contribution in [0.3, 0.4) is 0 Å². The summed E-state index contributed by atoms with van der Waals surface area (Å²) in [6.07, 6.45) is 5.62. The first-order chi connectivity index (χ1) is 18.1. The molecular formula is C30H26N2O5. The first-order valence-electron chi connectivity index (χ1n) is 12.1. The molecule has 7 heteroatoms. The molecule has 0 spiro atoms. The number of allylic oxidation sites excluding steroid dienone is 1. The minimum Gasteiger partial charge on any atom is -0.494 e. The molecule has 0 unspecified atom stereocenters. The number of ketones is 1. The summed E-state index contributed by atoms with van der Waals surface area (Å²) in [4.78, 5) is 25.1. The normalized spacial score (nSPS) is 13.4. The van der Waals surface area contributed by atoms with Crippen LogP contribution in [-0.2, 0) is 4.74 Å². The number of ether oxygens (including phenoxy) is 3. The Morgan fingerprint density at radius 3 is 2.57 bits per heavy atom. The van der Waals surface area contributed by atoms with Crippen molar-refractivity contribution < 1.29 is 23.8 Å². The summed E-state index contributed by atoms with van der Waals surface area (Å²) in [7, 11) is 1.30. The summed E-state index contributed by atoms with van der Waals surface area (Å²) in [5, 5.41) is 4.82. The molecular weight excluding hydrogens is 468 g/mol. The molecule has 0 atom stereocenters. The van der Waals surface area contributed by atoms with Crippen molar-refractivity contribution >= 4 is 17.8 Å². The van der Waals surface area contributed by atoms with Crippen molar-refractivity contribution in [2.24, 2.45) is 0 Å². The molecule has 2 heterocycles. The number of para-hydroxylation sites is 1. The van der Waals surface area contributed by atoms with Crippen molar-refractivity contribution in [3.05, 3.63) is 101 Å². The second kappa shape index (κ2) is 10.5. The molecule has 4 aromatic rings. The van der Waals surface area contributed by atoms with Crippen LogP contribution in [-0.4, -0.2) is 35.2 Å². The molecule has 5 rings (SSSR count). The maximum Gasteiger partial charge on any atom is 0.337 e. The number of Topliss-reactive ketones (excluding diaryl/α,β-unsaturated/α-hetero) is 1. The van der Waals surface area contributed by atoms with Gasteiger partial charge in [0.15, 0.2) is 5.76 Å². The average molecular weight is 495 g/mol. The van der Waals surface area contributed by atoms with Gasteiger partial charge in [-0.15, -0.1) is 0 Å². The monoisotopic (exact) mass is 494 g/mol. The Morgan fingerprint density at radius 2 is 1.84 bits per heavy atom. The average Bonchev–Trinajstić information content (AvgIpc) is 3.50. The van der Waals surface area contributed by atoms with Gasteiger partial charge < -0.3 is 14.2 Å². The minimum atomic E-state index is -0.512. The molecule has 3 aromatic carbocycles. The maximum absolute atomic E-state index is 13.2. The highest BCUT2D eigenvalue weighted by Crippen LogP contribution is 2.34. The quantitative estimate of drug-likeness (QED) is 0.167. The number of hydrogen-bond donors (Lipinski definition) is 0. The topological polar surface area (TPSA) is 79.7 Å². The van der Waals surface area contributed by atoms with Gasteiger partial charge in [-0.3, -0.25) is 4.79 Å². The van der Waals surface area contributed by atoms with Crippen molar-refractivity contribution in [3.8, 4) is 28.4 Å². The molecule has 0 amide bonds. The number of benzene rings is 3. The maximum atomic E-state index is 13.2. The second-order valence-electron chi connectivity index (χ2n) is 8.58. The van der Waals surface area contributed by atoms with Crippen LogP contribution in [0, 0.1) is 0 Å². The van der Waals surface area contributed by atoms with Gasteiger partial charge in [0.2, 0.25) is 5.78 Å². The van der Waals surface area contributed by atoms with Crippen LogP contribution in [0.5, 0.6) is 11.5 Å². The number of rotatable bonds is 8. The number of nitrogens with zero attached hydrogens (tertiary/aromatic N) is 2. The highest BCUT2D eigenvalue weighted by molar-refractivity contribution is 6.15. The molecule has 0 aliphatic carbocycles. The molecule has 0 saturated carbocycles. The van der Waals surface area contributed by atoms with E-state index in [1.54, 1.807) is 22.9 Å². The van der Waals surface area contributed by atoms with E-state index in [1.807, 2.05) is 60.8 Å². The van der Waals surface area contributed by atoms with Crippen LogP contribution >= 0.6 is 0 Å². The van der Waals surface area contributed by atoms with E-state index in [0.717, 1.165) is 29.8 Å². The number of hydrogen-bond acceptors (Lipinski definition) is 6. The van der Waals surface area contributed by atoms with Crippen molar-refractivity contribution in [2.45, 2.75) is 19.8 Å². The third-order valence-electron chi connectivity index (χ3n) is 6.03. The third kappa shape index (κ3) is 5.02. The number of fused-ring (bicyclic) bond motifs is 1. The van der Waals surface area contributed by atoms with Crippen LogP contribution in [0.2, 0.25) is 0 Å². The molecule has 7 nitrogen and oxygen atoms in total. The molecule has 1 aliphatic heterocycles. The predicted molar refractivity (Wildman–Crippen MR) is 140 cm³/mol.